The van der Waals surface area contributed by atoms with Crippen LogP contribution in [-0.4, -0.2) is 34.1 Å². The summed E-state index contributed by atoms with van der Waals surface area (Å²) in [5.41, 5.74) is 3.58. The topological polar surface area (TPSA) is 30.3 Å². The van der Waals surface area contributed by atoms with Gasteiger partial charge in [0.05, 0.1) is 24.2 Å². The minimum Gasteiger partial charge on any atom is -0.493 e. The number of ether oxygens (including phenoxy) is 1. The Labute approximate surface area is 183 Å². The quantitative estimate of drug-likeness (QED) is 0.482. The molecule has 2 aliphatic rings. The van der Waals surface area contributed by atoms with Crippen molar-refractivity contribution in [2.24, 2.45) is 13.0 Å². The fourth-order valence-electron chi connectivity index (χ4n) is 4.65. The highest BCUT2D eigenvalue weighted by atomic mass is 35.5. The van der Waals surface area contributed by atoms with Crippen LogP contribution in [0.2, 0.25) is 5.02 Å². The van der Waals surface area contributed by atoms with Crippen molar-refractivity contribution in [3.05, 3.63) is 58.9 Å². The van der Waals surface area contributed by atoms with E-state index in [1.165, 1.54) is 30.3 Å². The van der Waals surface area contributed by atoms with E-state index in [2.05, 4.69) is 52.9 Å². The largest absolute Gasteiger partial charge is 0.493 e. The lowest BCUT2D eigenvalue weighted by molar-refractivity contribution is 0.196. The van der Waals surface area contributed by atoms with Crippen LogP contribution < -0.4 is 4.74 Å². The van der Waals surface area contributed by atoms with Crippen molar-refractivity contribution in [1.82, 2.24) is 14.5 Å². The second kappa shape index (κ2) is 8.60. The third-order valence-electron chi connectivity index (χ3n) is 6.72. The Bertz CT molecular complexity index is 1020. The Balaban J connectivity index is 1.23. The van der Waals surface area contributed by atoms with E-state index in [0.29, 0.717) is 5.92 Å². The molecule has 2 aromatic carbocycles. The first-order valence-corrected chi connectivity index (χ1v) is 11.6. The summed E-state index contributed by atoms with van der Waals surface area (Å²) in [5, 5.41) is 0.807. The van der Waals surface area contributed by atoms with Gasteiger partial charge in [-0.25, -0.2) is 4.98 Å². The molecule has 1 saturated heterocycles. The van der Waals surface area contributed by atoms with Gasteiger partial charge in [0.2, 0.25) is 0 Å². The number of piperidine rings is 1. The number of halogens is 1. The second-order valence-corrected chi connectivity index (χ2v) is 9.33. The molecule has 1 aromatic heterocycles. The molecule has 1 saturated carbocycles. The zero-order valence-electron chi connectivity index (χ0n) is 17.7. The molecule has 2 fully saturated rings. The van der Waals surface area contributed by atoms with E-state index in [0.717, 1.165) is 67.1 Å². The number of nitrogens with zero attached hydrogens (tertiary/aromatic N) is 3. The van der Waals surface area contributed by atoms with Crippen molar-refractivity contribution < 1.29 is 4.74 Å². The molecule has 5 heteroatoms. The first kappa shape index (κ1) is 19.9. The molecule has 0 unspecified atom stereocenters. The Kier molecular flexibility index (Phi) is 5.70. The third-order valence-corrected chi connectivity index (χ3v) is 6.96. The van der Waals surface area contributed by atoms with Gasteiger partial charge in [0.25, 0.3) is 0 Å². The molecule has 30 heavy (non-hydrogen) atoms. The van der Waals surface area contributed by atoms with E-state index < -0.39 is 0 Å². The molecule has 0 radical (unpaired) electrons. The van der Waals surface area contributed by atoms with Gasteiger partial charge < -0.3 is 9.30 Å². The number of likely N-dealkylation sites (tertiary alicyclic amines) is 1. The summed E-state index contributed by atoms with van der Waals surface area (Å²) in [5.74, 6) is 3.58. The molecule has 1 aliphatic carbocycles. The molecule has 0 spiro atoms. The Morgan fingerprint density at radius 1 is 1.07 bits per heavy atom. The van der Waals surface area contributed by atoms with Crippen LogP contribution in [0, 0.1) is 5.92 Å². The molecule has 0 bridgehead atoms. The van der Waals surface area contributed by atoms with Crippen molar-refractivity contribution in [1.29, 1.82) is 0 Å². The summed E-state index contributed by atoms with van der Waals surface area (Å²) in [6.07, 6.45) is 6.19. The number of hydrogen-bond acceptors (Lipinski definition) is 3. The van der Waals surface area contributed by atoms with Crippen molar-refractivity contribution in [3.8, 4) is 5.75 Å². The van der Waals surface area contributed by atoms with Gasteiger partial charge in [0.1, 0.15) is 11.6 Å². The normalized spacial score (nSPS) is 18.2. The highest BCUT2D eigenvalue weighted by Gasteiger charge is 2.25. The zero-order valence-corrected chi connectivity index (χ0v) is 18.4. The minimum absolute atomic E-state index is 0.510. The van der Waals surface area contributed by atoms with Gasteiger partial charge in [0.15, 0.2) is 0 Å². The standard InChI is InChI=1S/C25H30ClN3O/c1-28-23-5-3-2-4-22(23)27-25(28)17-29-13-10-19(11-14-29)21-16-20(26)8-9-24(21)30-15-12-18-6-7-18/h2-5,8-9,16,18-19H,6-7,10-15,17H2,1H3. The van der Waals surface area contributed by atoms with Crippen molar-refractivity contribution in [3.63, 3.8) is 0 Å². The fraction of sp³-hybridized carbons (Fsp3) is 0.480. The van der Waals surface area contributed by atoms with E-state index in [-0.39, 0.29) is 0 Å². The van der Waals surface area contributed by atoms with Crippen molar-refractivity contribution in [2.75, 3.05) is 19.7 Å². The maximum Gasteiger partial charge on any atom is 0.123 e. The van der Waals surface area contributed by atoms with Gasteiger partial charge in [-0.3, -0.25) is 4.90 Å². The molecule has 158 valence electrons. The molecule has 1 aliphatic heterocycles. The first-order valence-electron chi connectivity index (χ1n) is 11.2. The maximum atomic E-state index is 6.35. The number of aryl methyl sites for hydroxylation is 1. The predicted octanol–water partition coefficient (Wildman–Crippen LogP) is 5.79. The van der Waals surface area contributed by atoms with Gasteiger partial charge in [-0.2, -0.15) is 0 Å². The molecule has 3 aromatic rings. The number of hydrogen-bond donors (Lipinski definition) is 0. The summed E-state index contributed by atoms with van der Waals surface area (Å²) in [7, 11) is 2.12. The molecule has 2 heterocycles. The van der Waals surface area contributed by atoms with Crippen molar-refractivity contribution in [2.45, 2.75) is 44.6 Å². The lowest BCUT2D eigenvalue weighted by Crippen LogP contribution is -2.33. The van der Waals surface area contributed by atoms with Crippen LogP contribution in [-0.2, 0) is 13.6 Å². The van der Waals surface area contributed by atoms with Gasteiger partial charge in [-0.05, 0) is 80.1 Å². The fourth-order valence-corrected chi connectivity index (χ4v) is 4.83. The van der Waals surface area contributed by atoms with Gasteiger partial charge in [0, 0.05) is 12.1 Å². The van der Waals surface area contributed by atoms with E-state index >= 15 is 0 Å². The summed E-state index contributed by atoms with van der Waals surface area (Å²) >= 11 is 6.35. The molecular formula is C25H30ClN3O. The predicted molar refractivity (Wildman–Crippen MR) is 122 cm³/mol. The van der Waals surface area contributed by atoms with Crippen molar-refractivity contribution >= 4 is 22.6 Å². The summed E-state index contributed by atoms with van der Waals surface area (Å²) < 4.78 is 8.41. The summed E-state index contributed by atoms with van der Waals surface area (Å²) in [6.45, 7) is 3.87. The molecular weight excluding hydrogens is 394 g/mol. The highest BCUT2D eigenvalue weighted by Crippen LogP contribution is 2.37. The number of benzene rings is 2. The smallest absolute Gasteiger partial charge is 0.123 e. The van der Waals surface area contributed by atoms with E-state index in [4.69, 9.17) is 21.3 Å². The van der Waals surface area contributed by atoms with Crippen LogP contribution >= 0.6 is 11.6 Å². The minimum atomic E-state index is 0.510. The Morgan fingerprint density at radius 2 is 1.87 bits per heavy atom. The molecule has 0 amide bonds. The van der Waals surface area contributed by atoms with E-state index in [1.54, 1.807) is 0 Å². The molecule has 5 rings (SSSR count). The number of para-hydroxylation sites is 2. The second-order valence-electron chi connectivity index (χ2n) is 8.89. The van der Waals surface area contributed by atoms with Gasteiger partial charge in [-0.1, -0.05) is 36.6 Å². The number of imidazole rings is 1. The van der Waals surface area contributed by atoms with Crippen LogP contribution in [0.3, 0.4) is 0 Å². The number of fused-ring (bicyclic) bond motifs is 1. The molecule has 4 nitrogen and oxygen atoms in total. The van der Waals surface area contributed by atoms with Crippen LogP contribution in [0.25, 0.3) is 11.0 Å². The van der Waals surface area contributed by atoms with Crippen LogP contribution in [0.15, 0.2) is 42.5 Å². The monoisotopic (exact) mass is 423 g/mol. The van der Waals surface area contributed by atoms with E-state index in [1.807, 2.05) is 6.07 Å². The summed E-state index contributed by atoms with van der Waals surface area (Å²) in [6, 6.07) is 14.5. The zero-order chi connectivity index (χ0) is 20.5. The lowest BCUT2D eigenvalue weighted by Gasteiger charge is -2.32. The SMILES string of the molecule is Cn1c(CN2CCC(c3cc(Cl)ccc3OCCC3CC3)CC2)nc2ccccc21. The molecule has 0 atom stereocenters. The van der Waals surface area contributed by atoms with Crippen LogP contribution in [0.1, 0.15) is 49.4 Å². The summed E-state index contributed by atoms with van der Waals surface area (Å²) in [4.78, 5) is 7.37. The average Bonchev–Trinajstić information content (AvgIpc) is 3.54. The highest BCUT2D eigenvalue weighted by molar-refractivity contribution is 6.30. The number of aromatic nitrogens is 2. The first-order chi connectivity index (χ1) is 14.7. The van der Waals surface area contributed by atoms with Gasteiger partial charge in [-0.15, -0.1) is 0 Å². The lowest BCUT2D eigenvalue weighted by atomic mass is 9.88. The number of rotatable bonds is 7. The average molecular weight is 424 g/mol. The Hall–Kier alpha value is -2.04. The maximum absolute atomic E-state index is 6.35. The third kappa shape index (κ3) is 4.35. The van der Waals surface area contributed by atoms with Crippen LogP contribution in [0.5, 0.6) is 5.75 Å². The Morgan fingerprint density at radius 3 is 2.63 bits per heavy atom. The van der Waals surface area contributed by atoms with Crippen LogP contribution in [0.4, 0.5) is 0 Å². The van der Waals surface area contributed by atoms with Gasteiger partial charge >= 0.3 is 0 Å². The van der Waals surface area contributed by atoms with E-state index in [9.17, 15) is 0 Å². The molecule has 0 N–H and O–H groups in total.